The molecule has 0 saturated heterocycles. The van der Waals surface area contributed by atoms with E-state index in [9.17, 15) is 9.59 Å². The highest BCUT2D eigenvalue weighted by molar-refractivity contribution is 7.11. The number of rotatable bonds is 6. The van der Waals surface area contributed by atoms with Gasteiger partial charge in [0.15, 0.2) is 0 Å². The van der Waals surface area contributed by atoms with Crippen molar-refractivity contribution in [3.8, 4) is 11.5 Å². The van der Waals surface area contributed by atoms with Gasteiger partial charge in [-0.25, -0.2) is 4.90 Å². The van der Waals surface area contributed by atoms with Crippen LogP contribution >= 0.6 is 11.3 Å². The number of carbonyl (C=O) groups excluding carboxylic acids is 2. The Morgan fingerprint density at radius 3 is 2.26 bits per heavy atom. The third-order valence-corrected chi connectivity index (χ3v) is 5.87. The summed E-state index contributed by atoms with van der Waals surface area (Å²) >= 11 is 1.41. The lowest BCUT2D eigenvalue weighted by Gasteiger charge is -2.17. The zero-order valence-corrected chi connectivity index (χ0v) is 18.5. The molecule has 2 amide bonds. The monoisotopic (exact) mass is 434 g/mol. The van der Waals surface area contributed by atoms with E-state index in [1.807, 2.05) is 49.6 Å². The Hall–Kier alpha value is -3.58. The van der Waals surface area contributed by atoms with E-state index in [1.54, 1.807) is 32.4 Å². The number of aryl methyl sites for hydroxylation is 2. The standard InChI is InChI=1S/C24H22N2O4S/c1-14-10-15(2)12-16(11-14)26-23(27)21(20-6-5-9-31-20)22(24(26)28)25-18-13-17(29-3)7-8-19(18)30-4/h5-13,25H,1-4H3. The topological polar surface area (TPSA) is 67.9 Å². The van der Waals surface area contributed by atoms with Crippen molar-refractivity contribution in [2.75, 3.05) is 24.4 Å². The molecule has 0 saturated carbocycles. The molecule has 3 aromatic rings. The quantitative estimate of drug-likeness (QED) is 0.566. The summed E-state index contributed by atoms with van der Waals surface area (Å²) in [4.78, 5) is 28.9. The molecule has 31 heavy (non-hydrogen) atoms. The van der Waals surface area contributed by atoms with E-state index in [0.29, 0.717) is 28.4 Å². The molecule has 1 N–H and O–H groups in total. The number of methoxy groups -OCH3 is 2. The maximum atomic E-state index is 13.5. The summed E-state index contributed by atoms with van der Waals surface area (Å²) < 4.78 is 10.7. The molecule has 1 aromatic heterocycles. The third kappa shape index (κ3) is 3.80. The predicted molar refractivity (Wildman–Crippen MR) is 123 cm³/mol. The molecule has 0 aliphatic carbocycles. The SMILES string of the molecule is COc1ccc(OC)c(NC2=C(c3cccs3)C(=O)N(c3cc(C)cc(C)c3)C2=O)c1. The molecular weight excluding hydrogens is 412 g/mol. The molecule has 2 aromatic carbocycles. The van der Waals surface area contributed by atoms with Gasteiger partial charge in [-0.2, -0.15) is 0 Å². The second-order valence-electron chi connectivity index (χ2n) is 7.21. The Bertz CT molecular complexity index is 1180. The normalized spacial score (nSPS) is 13.7. The number of hydrogen-bond donors (Lipinski definition) is 1. The Morgan fingerprint density at radius 1 is 0.903 bits per heavy atom. The molecule has 1 aliphatic heterocycles. The van der Waals surface area contributed by atoms with E-state index in [0.717, 1.165) is 16.0 Å². The molecule has 0 radical (unpaired) electrons. The van der Waals surface area contributed by atoms with Crippen molar-refractivity contribution in [3.05, 3.63) is 75.6 Å². The van der Waals surface area contributed by atoms with Crippen molar-refractivity contribution in [3.63, 3.8) is 0 Å². The van der Waals surface area contributed by atoms with Crippen LogP contribution in [0, 0.1) is 13.8 Å². The molecule has 2 heterocycles. The number of thiophene rings is 1. The van der Waals surface area contributed by atoms with E-state index in [4.69, 9.17) is 9.47 Å². The number of ether oxygens (including phenoxy) is 2. The minimum atomic E-state index is -0.414. The van der Waals surface area contributed by atoms with Crippen LogP contribution in [0.15, 0.2) is 59.6 Å². The third-order valence-electron chi connectivity index (χ3n) is 4.98. The molecule has 4 rings (SSSR count). The van der Waals surface area contributed by atoms with Crippen LogP contribution in [-0.4, -0.2) is 26.0 Å². The van der Waals surface area contributed by atoms with Gasteiger partial charge in [0, 0.05) is 10.9 Å². The summed E-state index contributed by atoms with van der Waals surface area (Å²) in [5.74, 6) is 0.360. The van der Waals surface area contributed by atoms with Gasteiger partial charge in [-0.15, -0.1) is 11.3 Å². The van der Waals surface area contributed by atoms with Crippen molar-refractivity contribution in [2.24, 2.45) is 0 Å². The molecule has 1 aliphatic rings. The van der Waals surface area contributed by atoms with Crippen LogP contribution in [0.2, 0.25) is 0 Å². The second-order valence-corrected chi connectivity index (χ2v) is 8.16. The lowest BCUT2D eigenvalue weighted by Crippen LogP contribution is -2.32. The minimum absolute atomic E-state index is 0.207. The largest absolute Gasteiger partial charge is 0.497 e. The Balaban J connectivity index is 1.83. The van der Waals surface area contributed by atoms with Crippen LogP contribution < -0.4 is 19.7 Å². The van der Waals surface area contributed by atoms with E-state index in [-0.39, 0.29) is 11.6 Å². The van der Waals surface area contributed by atoms with Crippen LogP contribution in [0.1, 0.15) is 16.0 Å². The summed E-state index contributed by atoms with van der Waals surface area (Å²) in [6.45, 7) is 3.88. The first-order valence-corrected chi connectivity index (χ1v) is 10.5. The second kappa shape index (κ2) is 8.28. The minimum Gasteiger partial charge on any atom is -0.497 e. The van der Waals surface area contributed by atoms with Crippen molar-refractivity contribution in [1.82, 2.24) is 0 Å². The van der Waals surface area contributed by atoms with Gasteiger partial charge in [-0.1, -0.05) is 12.1 Å². The van der Waals surface area contributed by atoms with Crippen molar-refractivity contribution in [1.29, 1.82) is 0 Å². The number of anilines is 2. The van der Waals surface area contributed by atoms with Crippen LogP contribution in [-0.2, 0) is 9.59 Å². The fraction of sp³-hybridized carbons (Fsp3) is 0.167. The smallest absolute Gasteiger partial charge is 0.282 e. The fourth-order valence-electron chi connectivity index (χ4n) is 3.66. The van der Waals surface area contributed by atoms with Gasteiger partial charge < -0.3 is 14.8 Å². The maximum absolute atomic E-state index is 13.5. The number of nitrogens with zero attached hydrogens (tertiary/aromatic N) is 1. The zero-order valence-electron chi connectivity index (χ0n) is 17.7. The first-order chi connectivity index (χ1) is 14.9. The first-order valence-electron chi connectivity index (χ1n) is 9.67. The number of benzene rings is 2. The molecule has 0 spiro atoms. The number of amides is 2. The highest BCUT2D eigenvalue weighted by Gasteiger charge is 2.41. The molecule has 0 fully saturated rings. The van der Waals surface area contributed by atoms with Crippen LogP contribution in [0.25, 0.3) is 5.57 Å². The molecule has 6 nitrogen and oxygen atoms in total. The van der Waals surface area contributed by atoms with Gasteiger partial charge in [0.2, 0.25) is 0 Å². The van der Waals surface area contributed by atoms with Crippen LogP contribution in [0.4, 0.5) is 11.4 Å². The highest BCUT2D eigenvalue weighted by Crippen LogP contribution is 2.38. The molecular formula is C24H22N2O4S. The van der Waals surface area contributed by atoms with Gasteiger partial charge in [0.1, 0.15) is 17.2 Å². The van der Waals surface area contributed by atoms with Crippen molar-refractivity contribution >= 4 is 40.1 Å². The average molecular weight is 435 g/mol. The molecule has 7 heteroatoms. The van der Waals surface area contributed by atoms with Gasteiger partial charge in [-0.05, 0) is 60.7 Å². The van der Waals surface area contributed by atoms with Crippen LogP contribution in [0.5, 0.6) is 11.5 Å². The number of nitrogens with one attached hydrogen (secondary N) is 1. The summed E-state index contributed by atoms with van der Waals surface area (Å²) in [6.07, 6.45) is 0. The highest BCUT2D eigenvalue weighted by atomic mass is 32.1. The average Bonchev–Trinajstić information content (AvgIpc) is 3.34. The van der Waals surface area contributed by atoms with Gasteiger partial charge in [0.05, 0.1) is 31.2 Å². The number of hydrogen-bond acceptors (Lipinski definition) is 6. The Labute approximate surface area is 184 Å². The lowest BCUT2D eigenvalue weighted by atomic mass is 10.1. The Kier molecular flexibility index (Phi) is 5.52. The lowest BCUT2D eigenvalue weighted by molar-refractivity contribution is -0.120. The molecule has 158 valence electrons. The zero-order chi connectivity index (χ0) is 22.1. The van der Waals surface area contributed by atoms with E-state index < -0.39 is 5.91 Å². The first kappa shape index (κ1) is 20.7. The summed E-state index contributed by atoms with van der Waals surface area (Å²) in [5, 5.41) is 5.03. The maximum Gasteiger partial charge on any atom is 0.282 e. The van der Waals surface area contributed by atoms with Crippen molar-refractivity contribution < 1.29 is 19.1 Å². The fourth-order valence-corrected chi connectivity index (χ4v) is 4.42. The van der Waals surface area contributed by atoms with Gasteiger partial charge in [0.25, 0.3) is 11.8 Å². The van der Waals surface area contributed by atoms with Crippen LogP contribution in [0.3, 0.4) is 0 Å². The molecule has 0 unspecified atom stereocenters. The summed E-state index contributed by atoms with van der Waals surface area (Å²) in [5.41, 5.74) is 3.58. The number of imide groups is 1. The predicted octanol–water partition coefficient (Wildman–Crippen LogP) is 4.78. The van der Waals surface area contributed by atoms with E-state index >= 15 is 0 Å². The van der Waals surface area contributed by atoms with Gasteiger partial charge in [-0.3, -0.25) is 9.59 Å². The van der Waals surface area contributed by atoms with E-state index in [1.165, 1.54) is 16.2 Å². The van der Waals surface area contributed by atoms with Crippen molar-refractivity contribution in [2.45, 2.75) is 13.8 Å². The van der Waals surface area contributed by atoms with Gasteiger partial charge >= 0.3 is 0 Å². The molecule has 0 bridgehead atoms. The summed E-state index contributed by atoms with van der Waals surface area (Å²) in [7, 11) is 3.11. The Morgan fingerprint density at radius 2 is 1.65 bits per heavy atom. The molecule has 0 atom stereocenters. The summed E-state index contributed by atoms with van der Waals surface area (Å²) in [6, 6.07) is 14.6. The van der Waals surface area contributed by atoms with E-state index in [2.05, 4.69) is 5.32 Å². The number of carbonyl (C=O) groups is 2.